The normalized spacial score (nSPS) is 11.6. The molecule has 0 aliphatic rings. The molecule has 2 N–H and O–H groups in total. The monoisotopic (exact) mass is 263 g/mol. The van der Waals surface area contributed by atoms with Crippen molar-refractivity contribution in [2.75, 3.05) is 13.7 Å². The highest BCUT2D eigenvalue weighted by atomic mass is 16.5. The van der Waals surface area contributed by atoms with E-state index in [0.717, 1.165) is 0 Å². The number of carboxylic acids is 1. The molecule has 1 rings (SSSR count). The van der Waals surface area contributed by atoms with Gasteiger partial charge in [0.05, 0.1) is 19.6 Å². The van der Waals surface area contributed by atoms with E-state index < -0.39 is 12.0 Å². The van der Waals surface area contributed by atoms with Crippen molar-refractivity contribution in [3.05, 3.63) is 42.5 Å². The van der Waals surface area contributed by atoms with Crippen LogP contribution in [-0.2, 0) is 4.79 Å². The molecule has 0 radical (unpaired) electrons. The maximum atomic E-state index is 12.2. The Morgan fingerprint density at radius 3 is 2.53 bits per heavy atom. The number of hydrogen-bond acceptors (Lipinski definition) is 4. The molecule has 102 valence electrons. The van der Waals surface area contributed by atoms with E-state index in [1.165, 1.54) is 7.11 Å². The predicted octanol–water partition coefficient (Wildman–Crippen LogP) is 1.50. The minimum atomic E-state index is -1.02. The average Bonchev–Trinajstić information content (AvgIpc) is 2.42. The Morgan fingerprint density at radius 2 is 2.05 bits per heavy atom. The van der Waals surface area contributed by atoms with Gasteiger partial charge in [0.1, 0.15) is 5.75 Å². The Bertz CT molecular complexity index is 453. The van der Waals surface area contributed by atoms with Gasteiger partial charge in [0.15, 0.2) is 5.78 Å². The fourth-order valence-corrected chi connectivity index (χ4v) is 1.61. The van der Waals surface area contributed by atoms with Gasteiger partial charge in [-0.15, -0.1) is 6.58 Å². The first-order valence-electron chi connectivity index (χ1n) is 5.82. The summed E-state index contributed by atoms with van der Waals surface area (Å²) in [4.78, 5) is 23.0. The van der Waals surface area contributed by atoms with E-state index >= 15 is 0 Å². The van der Waals surface area contributed by atoms with Crippen LogP contribution in [0.25, 0.3) is 0 Å². The molecule has 19 heavy (non-hydrogen) atoms. The van der Waals surface area contributed by atoms with Crippen LogP contribution in [0.3, 0.4) is 0 Å². The van der Waals surface area contributed by atoms with Gasteiger partial charge in [-0.2, -0.15) is 0 Å². The van der Waals surface area contributed by atoms with E-state index in [1.807, 2.05) is 0 Å². The number of aliphatic carboxylic acids is 1. The number of methoxy groups -OCH3 is 1. The molecule has 0 aliphatic carbocycles. The van der Waals surface area contributed by atoms with Crippen molar-refractivity contribution >= 4 is 11.8 Å². The Hall–Kier alpha value is -2.14. The Balaban J connectivity index is 2.83. The lowest BCUT2D eigenvalue weighted by atomic mass is 10.0. The maximum Gasteiger partial charge on any atom is 0.305 e. The Morgan fingerprint density at radius 1 is 1.42 bits per heavy atom. The molecule has 0 aliphatic heterocycles. The number of ether oxygens (including phenoxy) is 1. The predicted molar refractivity (Wildman–Crippen MR) is 71.6 cm³/mol. The largest absolute Gasteiger partial charge is 0.497 e. The molecule has 1 aromatic carbocycles. The molecular formula is C14H17NO4. The topological polar surface area (TPSA) is 75.6 Å². The molecule has 0 saturated carbocycles. The van der Waals surface area contributed by atoms with E-state index in [9.17, 15) is 9.59 Å². The van der Waals surface area contributed by atoms with Gasteiger partial charge in [-0.3, -0.25) is 9.59 Å². The summed E-state index contributed by atoms with van der Waals surface area (Å²) in [6.45, 7) is 3.90. The molecule has 0 saturated heterocycles. The van der Waals surface area contributed by atoms with Crippen LogP contribution in [0.2, 0.25) is 0 Å². The number of hydrogen-bond donors (Lipinski definition) is 2. The molecule has 0 amide bonds. The molecule has 5 heteroatoms. The average molecular weight is 263 g/mol. The van der Waals surface area contributed by atoms with Crippen molar-refractivity contribution in [2.45, 2.75) is 12.5 Å². The van der Waals surface area contributed by atoms with Crippen molar-refractivity contribution in [1.82, 2.24) is 5.32 Å². The Labute approximate surface area is 111 Å². The quantitative estimate of drug-likeness (QED) is 0.549. The second kappa shape index (κ2) is 7.33. The summed E-state index contributed by atoms with van der Waals surface area (Å²) < 4.78 is 5.00. The summed E-state index contributed by atoms with van der Waals surface area (Å²) in [5, 5.41) is 11.7. The first-order chi connectivity index (χ1) is 9.08. The second-order valence-corrected chi connectivity index (χ2v) is 3.94. The van der Waals surface area contributed by atoms with Crippen LogP contribution in [0.15, 0.2) is 36.9 Å². The zero-order valence-corrected chi connectivity index (χ0v) is 10.8. The summed E-state index contributed by atoms with van der Waals surface area (Å²) in [6, 6.07) is 5.80. The molecule has 1 unspecified atom stereocenters. The van der Waals surface area contributed by atoms with Crippen molar-refractivity contribution < 1.29 is 19.4 Å². The zero-order chi connectivity index (χ0) is 14.3. The number of carbonyl (C=O) groups is 2. The lowest BCUT2D eigenvalue weighted by Crippen LogP contribution is -2.38. The number of benzene rings is 1. The molecule has 0 aromatic heterocycles. The van der Waals surface area contributed by atoms with Gasteiger partial charge in [-0.25, -0.2) is 0 Å². The number of ketones is 1. The van der Waals surface area contributed by atoms with Crippen LogP contribution >= 0.6 is 0 Å². The van der Waals surface area contributed by atoms with Crippen LogP contribution in [0.5, 0.6) is 5.75 Å². The van der Waals surface area contributed by atoms with Crippen LogP contribution in [0.4, 0.5) is 0 Å². The van der Waals surface area contributed by atoms with Crippen molar-refractivity contribution in [2.24, 2.45) is 0 Å². The van der Waals surface area contributed by atoms with Crippen LogP contribution in [0.1, 0.15) is 16.8 Å². The lowest BCUT2D eigenvalue weighted by molar-refractivity contribution is -0.137. The fraction of sp³-hybridized carbons (Fsp3) is 0.286. The molecule has 1 atom stereocenters. The van der Waals surface area contributed by atoms with E-state index in [0.29, 0.717) is 17.9 Å². The SMILES string of the molecule is C=CCNC(CC(=O)O)C(=O)c1ccc(OC)cc1. The van der Waals surface area contributed by atoms with Gasteiger partial charge in [0, 0.05) is 12.1 Å². The highest BCUT2D eigenvalue weighted by molar-refractivity contribution is 6.01. The zero-order valence-electron chi connectivity index (χ0n) is 10.8. The first-order valence-corrected chi connectivity index (χ1v) is 5.82. The first kappa shape index (κ1) is 14.9. The fourth-order valence-electron chi connectivity index (χ4n) is 1.61. The number of nitrogens with one attached hydrogen (secondary N) is 1. The van der Waals surface area contributed by atoms with Crippen LogP contribution in [0, 0.1) is 0 Å². The second-order valence-electron chi connectivity index (χ2n) is 3.94. The van der Waals surface area contributed by atoms with E-state index in [-0.39, 0.29) is 12.2 Å². The third-order valence-electron chi connectivity index (χ3n) is 2.58. The molecule has 1 aromatic rings. The van der Waals surface area contributed by atoms with E-state index in [4.69, 9.17) is 9.84 Å². The van der Waals surface area contributed by atoms with E-state index in [2.05, 4.69) is 11.9 Å². The third-order valence-corrected chi connectivity index (χ3v) is 2.58. The van der Waals surface area contributed by atoms with Crippen LogP contribution in [-0.4, -0.2) is 36.6 Å². The van der Waals surface area contributed by atoms with Gasteiger partial charge in [-0.05, 0) is 24.3 Å². The van der Waals surface area contributed by atoms with Gasteiger partial charge in [0.2, 0.25) is 0 Å². The van der Waals surface area contributed by atoms with Crippen molar-refractivity contribution in [1.29, 1.82) is 0 Å². The molecule has 0 fully saturated rings. The Kier molecular flexibility index (Phi) is 5.75. The molecule has 0 heterocycles. The summed E-state index contributed by atoms with van der Waals surface area (Å²) in [5.41, 5.74) is 0.448. The summed E-state index contributed by atoms with van der Waals surface area (Å²) in [6.07, 6.45) is 1.31. The molecule has 0 spiro atoms. The van der Waals surface area contributed by atoms with Gasteiger partial charge in [-0.1, -0.05) is 6.08 Å². The molecule has 5 nitrogen and oxygen atoms in total. The van der Waals surface area contributed by atoms with Crippen molar-refractivity contribution in [3.8, 4) is 5.75 Å². The number of carboxylic acid groups (broad SMARTS) is 1. The van der Waals surface area contributed by atoms with Gasteiger partial charge < -0.3 is 15.2 Å². The lowest BCUT2D eigenvalue weighted by Gasteiger charge is -2.14. The summed E-state index contributed by atoms with van der Waals surface area (Å²) in [7, 11) is 1.54. The number of carbonyl (C=O) groups excluding carboxylic acids is 1. The summed E-state index contributed by atoms with van der Waals surface area (Å²) >= 11 is 0. The summed E-state index contributed by atoms with van der Waals surface area (Å²) in [5.74, 6) is -0.638. The maximum absolute atomic E-state index is 12.2. The van der Waals surface area contributed by atoms with Gasteiger partial charge >= 0.3 is 5.97 Å². The number of rotatable bonds is 8. The highest BCUT2D eigenvalue weighted by Gasteiger charge is 2.22. The minimum absolute atomic E-state index is 0.257. The smallest absolute Gasteiger partial charge is 0.305 e. The minimum Gasteiger partial charge on any atom is -0.497 e. The van der Waals surface area contributed by atoms with Gasteiger partial charge in [0.25, 0.3) is 0 Å². The number of Topliss-reactive ketones (excluding diaryl/α,β-unsaturated/α-hetero) is 1. The van der Waals surface area contributed by atoms with Crippen LogP contribution < -0.4 is 10.1 Å². The molecular weight excluding hydrogens is 246 g/mol. The standard InChI is InChI=1S/C14H17NO4/c1-3-8-15-12(9-13(16)17)14(18)10-4-6-11(19-2)7-5-10/h3-7,12,15H,1,8-9H2,2H3,(H,16,17). The molecule has 0 bridgehead atoms. The highest BCUT2D eigenvalue weighted by Crippen LogP contribution is 2.13. The van der Waals surface area contributed by atoms with E-state index in [1.54, 1.807) is 30.3 Å². The third kappa shape index (κ3) is 4.56. The van der Waals surface area contributed by atoms with Crippen molar-refractivity contribution in [3.63, 3.8) is 0 Å².